The zero-order valence-electron chi connectivity index (χ0n) is 13.3. The van der Waals surface area contributed by atoms with Crippen LogP contribution >= 0.6 is 11.6 Å². The summed E-state index contributed by atoms with van der Waals surface area (Å²) >= 11 is 6.28. The van der Waals surface area contributed by atoms with E-state index in [1.165, 1.54) is 37.7 Å². The van der Waals surface area contributed by atoms with Crippen molar-refractivity contribution in [2.45, 2.75) is 65.8 Å². The molecule has 1 aliphatic rings. The molecule has 0 atom stereocenters. The Morgan fingerprint density at radius 3 is 2.45 bits per heavy atom. The van der Waals surface area contributed by atoms with Gasteiger partial charge in [-0.1, -0.05) is 44.9 Å². The molecule has 2 heteroatoms. The minimum atomic E-state index is 0.492. The van der Waals surface area contributed by atoms with E-state index >= 15 is 0 Å². The zero-order chi connectivity index (χ0) is 14.8. The zero-order valence-corrected chi connectivity index (χ0v) is 14.1. The number of hydrogen-bond acceptors (Lipinski definition) is 1. The Morgan fingerprint density at radius 1 is 1.20 bits per heavy atom. The molecule has 0 heterocycles. The fourth-order valence-electron chi connectivity index (χ4n) is 3.28. The predicted molar refractivity (Wildman–Crippen MR) is 89.6 cm³/mol. The largest absolute Gasteiger partial charge is 0.381 e. The van der Waals surface area contributed by atoms with Crippen LogP contribution in [-0.2, 0) is 0 Å². The van der Waals surface area contributed by atoms with Crippen LogP contribution in [-0.4, -0.2) is 6.04 Å². The molecule has 2 rings (SSSR count). The van der Waals surface area contributed by atoms with Crippen molar-refractivity contribution in [3.63, 3.8) is 0 Å². The summed E-state index contributed by atoms with van der Waals surface area (Å²) in [7, 11) is 0. The lowest BCUT2D eigenvalue weighted by Gasteiger charge is -2.39. The summed E-state index contributed by atoms with van der Waals surface area (Å²) in [6.45, 7) is 9.27. The van der Waals surface area contributed by atoms with Crippen LogP contribution in [0.5, 0.6) is 0 Å². The number of aryl methyl sites for hydroxylation is 1. The lowest BCUT2D eigenvalue weighted by molar-refractivity contribution is 0.147. The molecule has 1 fully saturated rings. The fourth-order valence-corrected chi connectivity index (χ4v) is 3.45. The van der Waals surface area contributed by atoms with Gasteiger partial charge in [-0.05, 0) is 61.6 Å². The summed E-state index contributed by atoms with van der Waals surface area (Å²) in [4.78, 5) is 0. The molecule has 1 aromatic carbocycles. The van der Waals surface area contributed by atoms with Crippen LogP contribution in [0, 0.1) is 18.3 Å². The number of nitrogens with one attached hydrogen (secondary N) is 1. The average Bonchev–Trinajstić information content (AvgIpc) is 2.43. The van der Waals surface area contributed by atoms with E-state index < -0.39 is 0 Å². The molecule has 0 radical (unpaired) electrons. The molecule has 1 N–H and O–H groups in total. The maximum absolute atomic E-state index is 6.28. The third kappa shape index (κ3) is 3.69. The van der Waals surface area contributed by atoms with Crippen molar-refractivity contribution < 1.29 is 0 Å². The lowest BCUT2D eigenvalue weighted by Crippen LogP contribution is -2.32. The topological polar surface area (TPSA) is 12.0 Å². The van der Waals surface area contributed by atoms with E-state index in [9.17, 15) is 0 Å². The van der Waals surface area contributed by atoms with Crippen LogP contribution < -0.4 is 5.32 Å². The second-order valence-electron chi connectivity index (χ2n) is 7.02. The van der Waals surface area contributed by atoms with Gasteiger partial charge in [0.15, 0.2) is 0 Å². The van der Waals surface area contributed by atoms with E-state index in [-0.39, 0.29) is 0 Å². The predicted octanol–water partition coefficient (Wildman–Crippen LogP) is 6.06. The molecule has 0 amide bonds. The summed E-state index contributed by atoms with van der Waals surface area (Å²) in [5, 5.41) is 4.49. The summed E-state index contributed by atoms with van der Waals surface area (Å²) in [5.74, 6) is 0.874. The Balaban J connectivity index is 1.93. The highest BCUT2D eigenvalue weighted by molar-refractivity contribution is 6.33. The van der Waals surface area contributed by atoms with Gasteiger partial charge in [-0.15, -0.1) is 0 Å². The van der Waals surface area contributed by atoms with Crippen LogP contribution in [0.2, 0.25) is 5.02 Å². The number of benzene rings is 1. The summed E-state index contributed by atoms with van der Waals surface area (Å²) in [6.07, 6.45) is 6.47. The minimum absolute atomic E-state index is 0.492. The van der Waals surface area contributed by atoms with E-state index in [2.05, 4.69) is 45.1 Å². The van der Waals surface area contributed by atoms with Gasteiger partial charge < -0.3 is 5.32 Å². The Labute approximate surface area is 129 Å². The van der Waals surface area contributed by atoms with E-state index in [0.29, 0.717) is 11.5 Å². The van der Waals surface area contributed by atoms with Crippen molar-refractivity contribution in [3.05, 3.63) is 28.8 Å². The standard InChI is InChI=1S/C18H28ClN/c1-5-18(3,4)14-7-9-15(10-8-14)20-17-12-13(2)6-11-16(17)19/h6,11-12,14-15,20H,5,7-10H2,1-4H3. The molecule has 0 spiro atoms. The first-order valence-electron chi connectivity index (χ1n) is 7.95. The first kappa shape index (κ1) is 15.7. The highest BCUT2D eigenvalue weighted by atomic mass is 35.5. The molecule has 1 saturated carbocycles. The van der Waals surface area contributed by atoms with E-state index in [1.54, 1.807) is 0 Å². The second kappa shape index (κ2) is 6.39. The Kier molecular flexibility index (Phi) is 5.01. The molecule has 1 nitrogen and oxygen atoms in total. The smallest absolute Gasteiger partial charge is 0.0637 e. The number of hydrogen-bond donors (Lipinski definition) is 1. The van der Waals surface area contributed by atoms with Gasteiger partial charge in [0, 0.05) is 6.04 Å². The number of rotatable bonds is 4. The SMILES string of the molecule is CCC(C)(C)C1CCC(Nc2cc(C)ccc2Cl)CC1. The first-order chi connectivity index (χ1) is 9.42. The van der Waals surface area contributed by atoms with Crippen molar-refractivity contribution in [2.75, 3.05) is 5.32 Å². The average molecular weight is 294 g/mol. The van der Waals surface area contributed by atoms with Gasteiger partial charge in [0.1, 0.15) is 0 Å². The molecule has 0 aliphatic heterocycles. The van der Waals surface area contributed by atoms with Crippen molar-refractivity contribution in [1.82, 2.24) is 0 Å². The quantitative estimate of drug-likeness (QED) is 0.712. The van der Waals surface area contributed by atoms with Gasteiger partial charge in [0.05, 0.1) is 10.7 Å². The highest BCUT2D eigenvalue weighted by Crippen LogP contribution is 2.41. The van der Waals surface area contributed by atoms with Crippen LogP contribution in [0.3, 0.4) is 0 Å². The van der Waals surface area contributed by atoms with Crippen molar-refractivity contribution in [1.29, 1.82) is 0 Å². The summed E-state index contributed by atoms with van der Waals surface area (Å²) in [6, 6.07) is 6.79. The van der Waals surface area contributed by atoms with Crippen molar-refractivity contribution in [3.8, 4) is 0 Å². The third-order valence-electron chi connectivity index (χ3n) is 5.23. The van der Waals surface area contributed by atoms with E-state index in [4.69, 9.17) is 11.6 Å². The molecular weight excluding hydrogens is 266 g/mol. The number of halogens is 1. The molecule has 20 heavy (non-hydrogen) atoms. The van der Waals surface area contributed by atoms with E-state index in [0.717, 1.165) is 16.6 Å². The Bertz CT molecular complexity index is 445. The molecule has 0 saturated heterocycles. The highest BCUT2D eigenvalue weighted by Gasteiger charge is 2.31. The maximum Gasteiger partial charge on any atom is 0.0637 e. The normalized spacial score (nSPS) is 23.6. The van der Waals surface area contributed by atoms with Crippen molar-refractivity contribution in [2.24, 2.45) is 11.3 Å². The maximum atomic E-state index is 6.28. The van der Waals surface area contributed by atoms with Crippen LogP contribution in [0.25, 0.3) is 0 Å². The third-order valence-corrected chi connectivity index (χ3v) is 5.55. The molecule has 112 valence electrons. The van der Waals surface area contributed by atoms with Gasteiger partial charge in [-0.25, -0.2) is 0 Å². The monoisotopic (exact) mass is 293 g/mol. The van der Waals surface area contributed by atoms with Crippen molar-refractivity contribution >= 4 is 17.3 Å². The molecule has 0 aromatic heterocycles. The summed E-state index contributed by atoms with van der Waals surface area (Å²) in [5.41, 5.74) is 2.86. The molecule has 0 unspecified atom stereocenters. The van der Waals surface area contributed by atoms with Gasteiger partial charge in [0.2, 0.25) is 0 Å². The van der Waals surface area contributed by atoms with Crippen LogP contribution in [0.1, 0.15) is 58.4 Å². The van der Waals surface area contributed by atoms with Gasteiger partial charge >= 0.3 is 0 Å². The molecule has 1 aromatic rings. The Hall–Kier alpha value is -0.690. The fraction of sp³-hybridized carbons (Fsp3) is 0.667. The second-order valence-corrected chi connectivity index (χ2v) is 7.43. The molecule has 0 bridgehead atoms. The molecular formula is C18H28ClN. The van der Waals surface area contributed by atoms with E-state index in [1.807, 2.05) is 6.07 Å². The first-order valence-corrected chi connectivity index (χ1v) is 8.33. The van der Waals surface area contributed by atoms with Crippen LogP contribution in [0.4, 0.5) is 5.69 Å². The van der Waals surface area contributed by atoms with Gasteiger partial charge in [-0.2, -0.15) is 0 Å². The number of anilines is 1. The summed E-state index contributed by atoms with van der Waals surface area (Å²) < 4.78 is 0. The molecule has 1 aliphatic carbocycles. The van der Waals surface area contributed by atoms with Crippen LogP contribution in [0.15, 0.2) is 18.2 Å². The van der Waals surface area contributed by atoms with Gasteiger partial charge in [0.25, 0.3) is 0 Å². The van der Waals surface area contributed by atoms with Gasteiger partial charge in [-0.3, -0.25) is 0 Å². The lowest BCUT2D eigenvalue weighted by atomic mass is 9.69. The Morgan fingerprint density at radius 2 is 1.85 bits per heavy atom. The minimum Gasteiger partial charge on any atom is -0.381 e.